The summed E-state index contributed by atoms with van der Waals surface area (Å²) in [7, 11) is 4.43. The van der Waals surface area contributed by atoms with Crippen LogP contribution in [-0.2, 0) is 9.53 Å². The minimum Gasteiger partial charge on any atom is -0.497 e. The summed E-state index contributed by atoms with van der Waals surface area (Å²) in [5.74, 6) is 1.20. The van der Waals surface area contributed by atoms with Crippen LogP contribution in [-0.4, -0.2) is 39.9 Å². The molecule has 2 N–H and O–H groups in total. The molecular weight excluding hydrogens is 400 g/mol. The van der Waals surface area contributed by atoms with Crippen molar-refractivity contribution in [1.82, 2.24) is 10.6 Å². The summed E-state index contributed by atoms with van der Waals surface area (Å²) in [5.41, 5.74) is 1.96. The van der Waals surface area contributed by atoms with Gasteiger partial charge in [0.25, 0.3) is 0 Å². The van der Waals surface area contributed by atoms with Crippen LogP contribution in [0.2, 0.25) is 0 Å². The van der Waals surface area contributed by atoms with E-state index < -0.39 is 18.0 Å². The van der Waals surface area contributed by atoms with Gasteiger partial charge in [-0.1, -0.05) is 13.0 Å². The first kappa shape index (κ1) is 22.0. The van der Waals surface area contributed by atoms with E-state index in [4.69, 9.17) is 18.9 Å². The standard InChI is InChI=1S/C23H26N2O6/c1-5-12-31-18-13-15(8-11-17(18)29-3)21-19(22(26)30-4)20(24-23(27)25-21)14-6-9-16(28-2)10-7-14/h6-11,13,21H,5,12H2,1-4H3,(H2,24,25,27). The van der Waals surface area contributed by atoms with Crippen LogP contribution in [0.3, 0.4) is 0 Å². The molecule has 1 heterocycles. The average Bonchev–Trinajstić information content (AvgIpc) is 2.81. The summed E-state index contributed by atoms with van der Waals surface area (Å²) in [6.45, 7) is 2.51. The first-order valence-corrected chi connectivity index (χ1v) is 9.87. The smallest absolute Gasteiger partial charge is 0.338 e. The Hall–Kier alpha value is -3.68. The number of benzene rings is 2. The van der Waals surface area contributed by atoms with Crippen molar-refractivity contribution in [2.75, 3.05) is 27.9 Å². The van der Waals surface area contributed by atoms with Crippen LogP contribution in [0.25, 0.3) is 5.70 Å². The molecule has 1 atom stereocenters. The van der Waals surface area contributed by atoms with Gasteiger partial charge in [-0.25, -0.2) is 9.59 Å². The molecule has 8 nitrogen and oxygen atoms in total. The molecule has 0 radical (unpaired) electrons. The zero-order chi connectivity index (χ0) is 22.4. The fourth-order valence-electron chi connectivity index (χ4n) is 3.33. The van der Waals surface area contributed by atoms with Gasteiger partial charge in [-0.05, 0) is 53.9 Å². The van der Waals surface area contributed by atoms with E-state index in [1.807, 2.05) is 6.92 Å². The maximum absolute atomic E-state index is 12.8. The van der Waals surface area contributed by atoms with E-state index in [1.54, 1.807) is 56.7 Å². The lowest BCUT2D eigenvalue weighted by atomic mass is 9.92. The van der Waals surface area contributed by atoms with Crippen LogP contribution in [0.5, 0.6) is 17.2 Å². The molecule has 3 rings (SSSR count). The number of urea groups is 1. The molecular formula is C23H26N2O6. The number of amides is 2. The van der Waals surface area contributed by atoms with E-state index in [1.165, 1.54) is 7.11 Å². The van der Waals surface area contributed by atoms with Crippen molar-refractivity contribution in [3.8, 4) is 17.2 Å². The number of rotatable bonds is 8. The monoisotopic (exact) mass is 426 g/mol. The van der Waals surface area contributed by atoms with Crippen molar-refractivity contribution in [3.05, 3.63) is 59.2 Å². The Morgan fingerprint density at radius 1 is 1.00 bits per heavy atom. The number of hydrogen-bond acceptors (Lipinski definition) is 6. The second-order valence-electron chi connectivity index (χ2n) is 6.80. The van der Waals surface area contributed by atoms with Gasteiger partial charge in [-0.2, -0.15) is 0 Å². The molecule has 1 aliphatic heterocycles. The molecule has 0 aromatic heterocycles. The molecule has 31 heavy (non-hydrogen) atoms. The molecule has 0 bridgehead atoms. The second-order valence-corrected chi connectivity index (χ2v) is 6.80. The van der Waals surface area contributed by atoms with Gasteiger partial charge < -0.3 is 29.6 Å². The highest BCUT2D eigenvalue weighted by atomic mass is 16.5. The van der Waals surface area contributed by atoms with E-state index >= 15 is 0 Å². The van der Waals surface area contributed by atoms with Crippen molar-refractivity contribution in [1.29, 1.82) is 0 Å². The van der Waals surface area contributed by atoms with Gasteiger partial charge in [0.15, 0.2) is 11.5 Å². The molecule has 2 aromatic rings. The maximum Gasteiger partial charge on any atom is 0.338 e. The fraction of sp³-hybridized carbons (Fsp3) is 0.304. The summed E-state index contributed by atoms with van der Waals surface area (Å²) >= 11 is 0. The van der Waals surface area contributed by atoms with E-state index in [0.29, 0.717) is 40.7 Å². The zero-order valence-corrected chi connectivity index (χ0v) is 18.0. The Kier molecular flexibility index (Phi) is 7.02. The predicted octanol–water partition coefficient (Wildman–Crippen LogP) is 3.43. The predicted molar refractivity (Wildman–Crippen MR) is 115 cm³/mol. The van der Waals surface area contributed by atoms with E-state index in [-0.39, 0.29) is 5.57 Å². The number of hydrogen-bond donors (Lipinski definition) is 2. The number of carbonyl (C=O) groups is 2. The minimum atomic E-state index is -0.742. The highest BCUT2D eigenvalue weighted by molar-refractivity contribution is 6.04. The number of carbonyl (C=O) groups excluding carboxylic acids is 2. The molecule has 8 heteroatoms. The van der Waals surface area contributed by atoms with Crippen molar-refractivity contribution < 1.29 is 28.5 Å². The van der Waals surface area contributed by atoms with E-state index in [0.717, 1.165) is 6.42 Å². The third-order valence-corrected chi connectivity index (χ3v) is 4.84. The van der Waals surface area contributed by atoms with Gasteiger partial charge >= 0.3 is 12.0 Å². The van der Waals surface area contributed by atoms with Crippen molar-refractivity contribution in [2.24, 2.45) is 0 Å². The highest BCUT2D eigenvalue weighted by Gasteiger charge is 2.34. The number of nitrogens with one attached hydrogen (secondary N) is 2. The van der Waals surface area contributed by atoms with Crippen LogP contribution >= 0.6 is 0 Å². The van der Waals surface area contributed by atoms with Crippen LogP contribution < -0.4 is 24.8 Å². The van der Waals surface area contributed by atoms with Gasteiger partial charge in [0.05, 0.1) is 45.2 Å². The summed E-state index contributed by atoms with van der Waals surface area (Å²) in [5, 5.41) is 5.55. The van der Waals surface area contributed by atoms with Gasteiger partial charge in [0, 0.05) is 0 Å². The van der Waals surface area contributed by atoms with Gasteiger partial charge in [0.2, 0.25) is 0 Å². The summed E-state index contributed by atoms with van der Waals surface area (Å²) < 4.78 is 21.4. The Morgan fingerprint density at radius 2 is 1.74 bits per heavy atom. The van der Waals surface area contributed by atoms with Crippen LogP contribution in [0.4, 0.5) is 4.79 Å². The first-order chi connectivity index (χ1) is 15.0. The van der Waals surface area contributed by atoms with E-state index in [2.05, 4.69) is 10.6 Å². The first-order valence-electron chi connectivity index (χ1n) is 9.87. The largest absolute Gasteiger partial charge is 0.497 e. The van der Waals surface area contributed by atoms with Crippen molar-refractivity contribution >= 4 is 17.7 Å². The van der Waals surface area contributed by atoms with Crippen molar-refractivity contribution in [3.63, 3.8) is 0 Å². The molecule has 1 unspecified atom stereocenters. The number of ether oxygens (including phenoxy) is 4. The molecule has 2 aromatic carbocycles. The van der Waals surface area contributed by atoms with Crippen LogP contribution in [0.15, 0.2) is 48.0 Å². The third kappa shape index (κ3) is 4.74. The molecule has 0 spiro atoms. The van der Waals surface area contributed by atoms with Crippen LogP contribution in [0.1, 0.15) is 30.5 Å². The fourth-order valence-corrected chi connectivity index (χ4v) is 3.33. The number of esters is 1. The summed E-state index contributed by atoms with van der Waals surface area (Å²) in [4.78, 5) is 25.3. The SMILES string of the molecule is CCCOc1cc(C2NC(=O)NC(c3ccc(OC)cc3)=C2C(=O)OC)ccc1OC. The van der Waals surface area contributed by atoms with Gasteiger partial charge in [-0.15, -0.1) is 0 Å². The Bertz CT molecular complexity index is 984. The Morgan fingerprint density at radius 3 is 2.35 bits per heavy atom. The topological polar surface area (TPSA) is 95.1 Å². The molecule has 0 fully saturated rings. The lowest BCUT2D eigenvalue weighted by molar-refractivity contribution is -0.136. The van der Waals surface area contributed by atoms with E-state index in [9.17, 15) is 9.59 Å². The summed E-state index contributed by atoms with van der Waals surface area (Å²) in [6.07, 6.45) is 0.826. The Balaban J connectivity index is 2.13. The molecule has 0 saturated carbocycles. The lowest BCUT2D eigenvalue weighted by Crippen LogP contribution is -2.45. The maximum atomic E-state index is 12.8. The molecule has 0 saturated heterocycles. The molecule has 2 amide bonds. The lowest BCUT2D eigenvalue weighted by Gasteiger charge is -2.29. The third-order valence-electron chi connectivity index (χ3n) is 4.84. The summed E-state index contributed by atoms with van der Waals surface area (Å²) in [6, 6.07) is 11.2. The average molecular weight is 426 g/mol. The molecule has 1 aliphatic rings. The minimum absolute atomic E-state index is 0.277. The molecule has 164 valence electrons. The normalized spacial score (nSPS) is 15.6. The second kappa shape index (κ2) is 9.88. The Labute approximate surface area is 181 Å². The molecule has 0 aliphatic carbocycles. The van der Waals surface area contributed by atoms with Crippen LogP contribution in [0, 0.1) is 0 Å². The van der Waals surface area contributed by atoms with Crippen molar-refractivity contribution in [2.45, 2.75) is 19.4 Å². The zero-order valence-electron chi connectivity index (χ0n) is 18.0. The quantitative estimate of drug-likeness (QED) is 0.628. The highest BCUT2D eigenvalue weighted by Crippen LogP contribution is 2.36. The van der Waals surface area contributed by atoms with Gasteiger partial charge in [-0.3, -0.25) is 0 Å². The number of methoxy groups -OCH3 is 3. The van der Waals surface area contributed by atoms with Gasteiger partial charge in [0.1, 0.15) is 5.75 Å².